The van der Waals surface area contributed by atoms with Crippen LogP contribution < -0.4 is 21.0 Å². The molecule has 0 amide bonds. The molecule has 0 bridgehead atoms. The summed E-state index contributed by atoms with van der Waals surface area (Å²) in [4.78, 5) is 12.0. The maximum absolute atomic E-state index is 12.0. The molecule has 39 heavy (non-hydrogen) atoms. The molecular formula is C33H43N2O2PS. The van der Waals surface area contributed by atoms with Crippen molar-refractivity contribution in [1.29, 1.82) is 0 Å². The van der Waals surface area contributed by atoms with Crippen molar-refractivity contribution in [3.05, 3.63) is 96.6 Å². The number of hydrogen-bond acceptors (Lipinski definition) is 3. The third-order valence-corrected chi connectivity index (χ3v) is 12.1. The zero-order valence-corrected chi connectivity index (χ0v) is 24.6. The first-order valence-electron chi connectivity index (χ1n) is 14.6. The van der Waals surface area contributed by atoms with Crippen molar-refractivity contribution in [2.75, 3.05) is 0 Å². The van der Waals surface area contributed by atoms with E-state index in [1.165, 1.54) is 64.2 Å². The van der Waals surface area contributed by atoms with E-state index in [-0.39, 0.29) is 0 Å². The molecule has 3 aromatic rings. The quantitative estimate of drug-likeness (QED) is 0.258. The molecule has 5 rings (SSSR count). The fourth-order valence-corrected chi connectivity index (χ4v) is 9.24. The van der Waals surface area contributed by atoms with Crippen LogP contribution in [0.5, 0.6) is 0 Å². The lowest BCUT2D eigenvalue weighted by atomic mass is 9.91. The highest BCUT2D eigenvalue weighted by atomic mass is 32.4. The fraction of sp³-hybridized carbons (Fsp3) is 0.424. The van der Waals surface area contributed by atoms with E-state index in [0.29, 0.717) is 6.42 Å². The lowest BCUT2D eigenvalue weighted by Gasteiger charge is -2.30. The molecule has 0 aliphatic heterocycles. The van der Waals surface area contributed by atoms with Crippen molar-refractivity contribution in [1.82, 2.24) is 10.4 Å². The SMILES string of the molecule is C1CCC(NC2CCCCC2)CC1.O=C(O)C(Cc1ccccc1)NP(=S)(c1ccccc1)c1ccccc1. The normalized spacial score (nSPS) is 17.5. The van der Waals surface area contributed by atoms with Gasteiger partial charge in [-0.25, -0.2) is 0 Å². The minimum Gasteiger partial charge on any atom is -0.480 e. The number of benzene rings is 3. The molecule has 1 atom stereocenters. The van der Waals surface area contributed by atoms with E-state index < -0.39 is 18.2 Å². The van der Waals surface area contributed by atoms with Crippen LogP contribution >= 0.6 is 6.19 Å². The van der Waals surface area contributed by atoms with Crippen molar-refractivity contribution in [3.63, 3.8) is 0 Å². The molecule has 6 heteroatoms. The Balaban J connectivity index is 0.000000226. The summed E-state index contributed by atoms with van der Waals surface area (Å²) in [7, 11) is 0. The molecule has 0 heterocycles. The monoisotopic (exact) mass is 562 g/mol. The van der Waals surface area contributed by atoms with Gasteiger partial charge in [0.05, 0.1) is 6.19 Å². The summed E-state index contributed by atoms with van der Waals surface area (Å²) < 4.78 is 0. The lowest BCUT2D eigenvalue weighted by Crippen LogP contribution is -2.41. The van der Waals surface area contributed by atoms with Gasteiger partial charge in [-0.05, 0) is 37.7 Å². The fourth-order valence-electron chi connectivity index (χ4n) is 5.70. The van der Waals surface area contributed by atoms with Crippen molar-refractivity contribution < 1.29 is 9.90 Å². The molecule has 3 N–H and O–H groups in total. The smallest absolute Gasteiger partial charge is 0.321 e. The van der Waals surface area contributed by atoms with E-state index in [0.717, 1.165) is 28.3 Å². The van der Waals surface area contributed by atoms with E-state index >= 15 is 0 Å². The van der Waals surface area contributed by atoms with Crippen molar-refractivity contribution in [2.45, 2.75) is 88.8 Å². The molecular weight excluding hydrogens is 519 g/mol. The Kier molecular flexibility index (Phi) is 11.8. The lowest BCUT2D eigenvalue weighted by molar-refractivity contribution is -0.138. The van der Waals surface area contributed by atoms with Gasteiger partial charge < -0.3 is 10.4 Å². The summed E-state index contributed by atoms with van der Waals surface area (Å²) in [6.07, 6.45) is 12.5. The first-order valence-corrected chi connectivity index (χ1v) is 17.4. The van der Waals surface area contributed by atoms with Crippen molar-refractivity contribution in [2.24, 2.45) is 0 Å². The van der Waals surface area contributed by atoms with Gasteiger partial charge in [0.2, 0.25) is 0 Å². The van der Waals surface area contributed by atoms with E-state index in [4.69, 9.17) is 11.8 Å². The molecule has 0 spiro atoms. The molecule has 2 aliphatic rings. The predicted octanol–water partition coefficient (Wildman–Crippen LogP) is 6.56. The van der Waals surface area contributed by atoms with Gasteiger partial charge >= 0.3 is 5.97 Å². The summed E-state index contributed by atoms with van der Waals surface area (Å²) in [6.45, 7) is 0. The van der Waals surface area contributed by atoms with Gasteiger partial charge in [0.25, 0.3) is 0 Å². The molecule has 0 saturated heterocycles. The Morgan fingerprint density at radius 3 is 1.54 bits per heavy atom. The van der Waals surface area contributed by atoms with Crippen molar-refractivity contribution in [3.8, 4) is 0 Å². The minimum absolute atomic E-state index is 0.383. The van der Waals surface area contributed by atoms with Crippen LogP contribution in [0.1, 0.15) is 69.8 Å². The van der Waals surface area contributed by atoms with Crippen LogP contribution in [0.25, 0.3) is 0 Å². The maximum atomic E-state index is 12.0. The molecule has 4 nitrogen and oxygen atoms in total. The van der Waals surface area contributed by atoms with Gasteiger partial charge in [0, 0.05) is 22.7 Å². The molecule has 2 aliphatic carbocycles. The van der Waals surface area contributed by atoms with Crippen LogP contribution in [-0.2, 0) is 23.0 Å². The van der Waals surface area contributed by atoms with E-state index in [1.54, 1.807) is 0 Å². The first kappa shape index (κ1) is 29.7. The summed E-state index contributed by atoms with van der Waals surface area (Å²) in [5.41, 5.74) is 0.968. The van der Waals surface area contributed by atoms with Crippen LogP contribution in [0.2, 0.25) is 0 Å². The number of rotatable bonds is 9. The highest BCUT2D eigenvalue weighted by molar-refractivity contribution is 8.20. The Hall–Kier alpha value is -2.30. The van der Waals surface area contributed by atoms with Gasteiger partial charge in [-0.2, -0.15) is 0 Å². The van der Waals surface area contributed by atoms with Gasteiger partial charge in [0.15, 0.2) is 0 Å². The van der Waals surface area contributed by atoms with Crippen LogP contribution in [-0.4, -0.2) is 29.2 Å². The first-order chi connectivity index (χ1) is 19.0. The molecule has 2 fully saturated rings. The molecule has 2 saturated carbocycles. The Morgan fingerprint density at radius 1 is 0.718 bits per heavy atom. The van der Waals surface area contributed by atoms with Gasteiger partial charge in [0.1, 0.15) is 6.04 Å². The molecule has 1 unspecified atom stereocenters. The average molecular weight is 563 g/mol. The summed E-state index contributed by atoms with van der Waals surface area (Å²) in [6, 6.07) is 30.1. The number of hydrogen-bond donors (Lipinski definition) is 3. The molecule has 3 aromatic carbocycles. The van der Waals surface area contributed by atoms with Crippen LogP contribution in [0.15, 0.2) is 91.0 Å². The number of carboxylic acid groups (broad SMARTS) is 1. The van der Waals surface area contributed by atoms with Crippen LogP contribution in [0, 0.1) is 0 Å². The molecule has 208 valence electrons. The second-order valence-corrected chi connectivity index (χ2v) is 15.0. The van der Waals surface area contributed by atoms with Gasteiger partial charge in [-0.3, -0.25) is 9.88 Å². The van der Waals surface area contributed by atoms with Crippen LogP contribution in [0.4, 0.5) is 0 Å². The minimum atomic E-state index is -2.47. The Labute approximate surface area is 239 Å². The maximum Gasteiger partial charge on any atom is 0.321 e. The third kappa shape index (κ3) is 9.11. The highest BCUT2D eigenvalue weighted by Gasteiger charge is 2.29. The van der Waals surface area contributed by atoms with Gasteiger partial charge in [-0.1, -0.05) is 141 Å². The summed E-state index contributed by atoms with van der Waals surface area (Å²) in [5.74, 6) is -0.894. The Morgan fingerprint density at radius 2 is 1.13 bits per heavy atom. The topological polar surface area (TPSA) is 61.4 Å². The second kappa shape index (κ2) is 15.5. The zero-order chi connectivity index (χ0) is 27.3. The number of carboxylic acids is 1. The van der Waals surface area contributed by atoms with E-state index in [9.17, 15) is 9.90 Å². The van der Waals surface area contributed by atoms with E-state index in [1.807, 2.05) is 91.0 Å². The predicted molar refractivity (Wildman–Crippen MR) is 168 cm³/mol. The van der Waals surface area contributed by atoms with Crippen LogP contribution in [0.3, 0.4) is 0 Å². The third-order valence-electron chi connectivity index (χ3n) is 7.84. The molecule has 0 radical (unpaired) electrons. The van der Waals surface area contributed by atoms with E-state index in [2.05, 4.69) is 10.4 Å². The van der Waals surface area contributed by atoms with Gasteiger partial charge in [-0.15, -0.1) is 0 Å². The number of aliphatic carboxylic acids is 1. The summed E-state index contributed by atoms with van der Waals surface area (Å²) >= 11 is 6.08. The zero-order valence-electron chi connectivity index (χ0n) is 22.9. The second-order valence-electron chi connectivity index (χ2n) is 10.8. The summed E-state index contributed by atoms with van der Waals surface area (Å²) in [5, 5.41) is 18.9. The number of carbonyl (C=O) groups is 1. The Bertz CT molecular complexity index is 1100. The standard InChI is InChI=1S/C21H20NO2PS.C12H23N/c23-21(24)20(16-17-10-4-1-5-11-17)22-25(26,18-12-6-2-7-13-18)19-14-8-3-9-15-19;1-3-7-11(8-4-1)13-12-9-5-2-6-10-12/h1-15,20H,16H2,(H,22,26)(H,23,24);11-13H,1-10H2. The largest absolute Gasteiger partial charge is 0.480 e. The average Bonchev–Trinajstić information content (AvgIpc) is 2.99. The van der Waals surface area contributed by atoms with Crippen molar-refractivity contribution >= 4 is 34.6 Å². The molecule has 0 aromatic heterocycles. The number of nitrogens with one attached hydrogen (secondary N) is 2. The highest BCUT2D eigenvalue weighted by Crippen LogP contribution is 2.40.